The van der Waals surface area contributed by atoms with E-state index in [-0.39, 0.29) is 0 Å². The third-order valence-corrected chi connectivity index (χ3v) is 0. The first-order valence-corrected chi connectivity index (χ1v) is 0.801. The third-order valence-electron chi connectivity index (χ3n) is 0. The van der Waals surface area contributed by atoms with E-state index in [0.29, 0.717) is 0 Å². The highest BCUT2D eigenvalue weighted by Crippen LogP contribution is 1.58. The third kappa shape index (κ3) is 0.356. The molecule has 0 aromatic rings. The van der Waals surface area contributed by atoms with Gasteiger partial charge in [0.2, 0.25) is 0 Å². The fourth-order valence-corrected chi connectivity index (χ4v) is 0. The number of aliphatic hydroxyl groups is 2. The van der Waals surface area contributed by atoms with Gasteiger partial charge in [0.25, 0.3) is 5.95 Å². The molecule has 0 atom stereocenters. The van der Waals surface area contributed by atoms with E-state index >= 15 is 0 Å². The van der Waals surface area contributed by atoms with E-state index in [9.17, 15) is 0 Å². The molecule has 0 aromatic heterocycles. The van der Waals surface area contributed by atoms with Gasteiger partial charge in [-0.05, 0) is 6.58 Å². The molecule has 24 valence electrons. The fraction of sp³-hybridized carbons (Fsp3) is 0. The van der Waals surface area contributed by atoms with Gasteiger partial charge in [-0.1, -0.05) is 0 Å². The van der Waals surface area contributed by atoms with Crippen LogP contribution in [-0.4, -0.2) is 10.2 Å². The van der Waals surface area contributed by atoms with Crippen molar-refractivity contribution in [1.82, 2.24) is 0 Å². The molecule has 0 bridgehead atoms. The van der Waals surface area contributed by atoms with Crippen molar-refractivity contribution in [3.63, 3.8) is 0 Å². The van der Waals surface area contributed by atoms with Crippen LogP contribution in [0.25, 0.3) is 0 Å². The van der Waals surface area contributed by atoms with Gasteiger partial charge in [-0.2, -0.15) is 0 Å². The molecule has 0 rings (SSSR count). The Hall–Kier alpha value is -0.660. The molecule has 0 amide bonds. The van der Waals surface area contributed by atoms with Crippen molar-refractivity contribution in [1.29, 1.82) is 0 Å². The van der Waals surface area contributed by atoms with Crippen LogP contribution in [0.1, 0.15) is 0 Å². The van der Waals surface area contributed by atoms with E-state index in [2.05, 4.69) is 6.58 Å². The van der Waals surface area contributed by atoms with Crippen LogP contribution in [0, 0.1) is 0 Å². The van der Waals surface area contributed by atoms with Gasteiger partial charge < -0.3 is 10.2 Å². The first-order chi connectivity index (χ1) is 1.73. The number of rotatable bonds is 0. The van der Waals surface area contributed by atoms with Crippen LogP contribution in [0.3, 0.4) is 0 Å². The Bertz CT molecular complexity index is 27.0. The lowest BCUT2D eigenvalue weighted by Crippen LogP contribution is -1.62. The second kappa shape index (κ2) is 0.767. The van der Waals surface area contributed by atoms with E-state index in [1.807, 2.05) is 0 Å². The Labute approximate surface area is 24.0 Å². The average Bonchev–Trinajstić information content (AvgIpc) is 0.811. The first-order valence-electron chi connectivity index (χ1n) is 0.801. The largest absolute Gasteiger partial charge is 0.482 e. The van der Waals surface area contributed by atoms with Crippen LogP contribution in [0.4, 0.5) is 0 Å². The summed E-state index contributed by atoms with van der Waals surface area (Å²) in [4.78, 5) is 0. The Morgan fingerprint density at radius 1 is 1.50 bits per heavy atom. The van der Waals surface area contributed by atoms with Crippen LogP contribution < -0.4 is 0 Å². The van der Waals surface area contributed by atoms with Crippen LogP contribution in [0.15, 0.2) is 12.5 Å². The van der Waals surface area contributed by atoms with Crippen molar-refractivity contribution in [3.8, 4) is 0 Å². The van der Waals surface area contributed by atoms with Crippen molar-refractivity contribution >= 4 is 0 Å². The SMILES string of the molecule is C=C(O)O. The Morgan fingerprint density at radius 3 is 1.50 bits per heavy atom. The summed E-state index contributed by atoms with van der Waals surface area (Å²) in [5.41, 5.74) is 0. The summed E-state index contributed by atoms with van der Waals surface area (Å²) in [7, 11) is 0. The minimum atomic E-state index is -0.833. The minimum Gasteiger partial charge on any atom is -0.482 e. The fourth-order valence-electron chi connectivity index (χ4n) is 0. The van der Waals surface area contributed by atoms with Gasteiger partial charge in [-0.25, -0.2) is 0 Å². The summed E-state index contributed by atoms with van der Waals surface area (Å²) in [6.45, 7) is 2.67. The van der Waals surface area contributed by atoms with Gasteiger partial charge in [0.15, 0.2) is 0 Å². The zero-order valence-electron chi connectivity index (χ0n) is 2.10. The molecule has 4 heavy (non-hydrogen) atoms. The summed E-state index contributed by atoms with van der Waals surface area (Å²) >= 11 is 0. The maximum absolute atomic E-state index is 7.42. The molecule has 0 aromatic carbocycles. The topological polar surface area (TPSA) is 40.5 Å². The van der Waals surface area contributed by atoms with Gasteiger partial charge >= 0.3 is 0 Å². The zero-order chi connectivity index (χ0) is 3.58. The van der Waals surface area contributed by atoms with Crippen molar-refractivity contribution < 1.29 is 10.2 Å². The molecule has 0 heterocycles. The lowest BCUT2D eigenvalue weighted by molar-refractivity contribution is 0.194. The molecule has 2 nitrogen and oxygen atoms in total. The highest BCUT2D eigenvalue weighted by Gasteiger charge is 1.56. The van der Waals surface area contributed by atoms with Gasteiger partial charge in [-0.3, -0.25) is 0 Å². The Balaban J connectivity index is 2.80. The van der Waals surface area contributed by atoms with Crippen molar-refractivity contribution in [2.45, 2.75) is 0 Å². The summed E-state index contributed by atoms with van der Waals surface area (Å²) in [5.74, 6) is -0.833. The van der Waals surface area contributed by atoms with Gasteiger partial charge in [-0.15, -0.1) is 0 Å². The molecule has 0 fully saturated rings. The normalized spacial score (nSPS) is 6.00. The summed E-state index contributed by atoms with van der Waals surface area (Å²) in [6.07, 6.45) is 0. The van der Waals surface area contributed by atoms with Gasteiger partial charge in [0.1, 0.15) is 0 Å². The minimum absolute atomic E-state index is 0.833. The molecule has 0 saturated heterocycles. The van der Waals surface area contributed by atoms with E-state index in [4.69, 9.17) is 10.2 Å². The standard InChI is InChI=1S/C2H4O2/c1-2(3)4/h3-4H,1H2. The highest BCUT2D eigenvalue weighted by molar-refractivity contribution is 4.54. The first kappa shape index (κ1) is 3.34. The molecule has 0 unspecified atom stereocenters. The molecule has 0 aliphatic heterocycles. The summed E-state index contributed by atoms with van der Waals surface area (Å²) < 4.78 is 0. The van der Waals surface area contributed by atoms with Crippen LogP contribution in [0.5, 0.6) is 0 Å². The molecular weight excluding hydrogens is 56.0 g/mol. The van der Waals surface area contributed by atoms with Crippen LogP contribution in [0.2, 0.25) is 0 Å². The van der Waals surface area contributed by atoms with Crippen LogP contribution in [-0.2, 0) is 0 Å². The quantitative estimate of drug-likeness (QED) is 0.401. The Morgan fingerprint density at radius 2 is 1.50 bits per heavy atom. The maximum Gasteiger partial charge on any atom is 0.266 e. The molecule has 2 N–H and O–H groups in total. The highest BCUT2D eigenvalue weighted by atomic mass is 16.5. The van der Waals surface area contributed by atoms with E-state index in [1.165, 1.54) is 0 Å². The Kier molecular flexibility index (Phi) is 0.641. The molecule has 0 saturated carbocycles. The number of aliphatic hydroxyl groups excluding tert-OH is 1. The molecule has 0 radical (unpaired) electrons. The number of hydrogen-bond donors (Lipinski definition) is 2. The van der Waals surface area contributed by atoms with E-state index in [1.54, 1.807) is 0 Å². The second-order valence-electron chi connectivity index (χ2n) is 0.416. The molecular formula is C2H4O2. The zero-order valence-corrected chi connectivity index (χ0v) is 2.10. The monoisotopic (exact) mass is 60.0 g/mol. The lowest BCUT2D eigenvalue weighted by Gasteiger charge is -1.69. The van der Waals surface area contributed by atoms with E-state index < -0.39 is 5.95 Å². The van der Waals surface area contributed by atoms with Gasteiger partial charge in [0.05, 0.1) is 0 Å². The van der Waals surface area contributed by atoms with E-state index in [0.717, 1.165) is 0 Å². The maximum atomic E-state index is 7.42. The van der Waals surface area contributed by atoms with Crippen LogP contribution >= 0.6 is 0 Å². The van der Waals surface area contributed by atoms with Crippen molar-refractivity contribution in [2.75, 3.05) is 0 Å². The molecule has 0 spiro atoms. The lowest BCUT2D eigenvalue weighted by atomic mass is 11.1. The second-order valence-corrected chi connectivity index (χ2v) is 0.416. The van der Waals surface area contributed by atoms with Crippen molar-refractivity contribution in [2.24, 2.45) is 0 Å². The van der Waals surface area contributed by atoms with Gasteiger partial charge in [0, 0.05) is 0 Å². The predicted octanol–water partition coefficient (Wildman–Crippen LogP) is 0.574. The van der Waals surface area contributed by atoms with Crippen molar-refractivity contribution in [3.05, 3.63) is 12.5 Å². The average molecular weight is 60.1 g/mol. The molecule has 2 heteroatoms. The number of hydrogen-bond acceptors (Lipinski definition) is 2. The molecule has 0 aliphatic rings. The summed E-state index contributed by atoms with van der Waals surface area (Å²) in [6, 6.07) is 0. The summed E-state index contributed by atoms with van der Waals surface area (Å²) in [5, 5.41) is 14.8. The smallest absolute Gasteiger partial charge is 0.266 e. The molecule has 0 aliphatic carbocycles. The predicted molar refractivity (Wildman–Crippen MR) is 14.4 cm³/mol.